The summed E-state index contributed by atoms with van der Waals surface area (Å²) in [5.74, 6) is -0.410. The van der Waals surface area contributed by atoms with Crippen molar-refractivity contribution in [1.82, 2.24) is 5.32 Å². The van der Waals surface area contributed by atoms with Gasteiger partial charge in [0.2, 0.25) is 5.91 Å². The number of urea groups is 1. The first-order valence-electron chi connectivity index (χ1n) is 7.72. The van der Waals surface area contributed by atoms with Gasteiger partial charge in [0.15, 0.2) is 0 Å². The predicted octanol–water partition coefficient (Wildman–Crippen LogP) is 3.06. The molecule has 0 aliphatic carbocycles. The third kappa shape index (κ3) is 3.53. The van der Waals surface area contributed by atoms with Crippen molar-refractivity contribution in [2.24, 2.45) is 0 Å². The highest BCUT2D eigenvalue weighted by Gasteiger charge is 2.31. The van der Waals surface area contributed by atoms with Gasteiger partial charge in [0.25, 0.3) is 0 Å². The smallest absolute Gasteiger partial charge is 0.319 e. The van der Waals surface area contributed by atoms with Gasteiger partial charge < -0.3 is 15.5 Å². The maximum Gasteiger partial charge on any atom is 0.319 e. The third-order valence-corrected chi connectivity index (χ3v) is 3.96. The Labute approximate surface area is 139 Å². The molecule has 1 aliphatic heterocycles. The second-order valence-corrected chi connectivity index (χ2v) is 5.80. The van der Waals surface area contributed by atoms with E-state index in [1.54, 1.807) is 24.0 Å². The van der Waals surface area contributed by atoms with Gasteiger partial charge in [-0.2, -0.15) is 0 Å². The molecule has 124 valence electrons. The first-order chi connectivity index (χ1) is 11.5. The van der Waals surface area contributed by atoms with Crippen molar-refractivity contribution in [3.05, 3.63) is 59.9 Å². The van der Waals surface area contributed by atoms with Gasteiger partial charge in [0.05, 0.1) is 6.04 Å². The summed E-state index contributed by atoms with van der Waals surface area (Å²) < 4.78 is 13.5. The van der Waals surface area contributed by atoms with E-state index >= 15 is 0 Å². The van der Waals surface area contributed by atoms with Crippen LogP contribution in [0.5, 0.6) is 0 Å². The van der Waals surface area contributed by atoms with E-state index in [0.29, 0.717) is 17.8 Å². The standard InChI is InChI=1S/C18H18FN3O2/c1-12-7-8-13(9-16(12)19)20-18(24)21-14-10-17(23)22(11-14)15-5-3-2-4-6-15/h2-9,14H,10-11H2,1H3,(H2,20,21,24). The van der Waals surface area contributed by atoms with E-state index in [4.69, 9.17) is 0 Å². The Morgan fingerprint density at radius 3 is 2.67 bits per heavy atom. The molecule has 2 aromatic rings. The minimum Gasteiger partial charge on any atom is -0.333 e. The van der Waals surface area contributed by atoms with Gasteiger partial charge in [-0.05, 0) is 36.8 Å². The van der Waals surface area contributed by atoms with Gasteiger partial charge in [0, 0.05) is 24.3 Å². The van der Waals surface area contributed by atoms with Crippen LogP contribution in [-0.4, -0.2) is 24.5 Å². The van der Waals surface area contributed by atoms with Crippen molar-refractivity contribution in [3.8, 4) is 0 Å². The molecule has 6 heteroatoms. The predicted molar refractivity (Wildman–Crippen MR) is 90.5 cm³/mol. The molecule has 3 amide bonds. The van der Waals surface area contributed by atoms with Gasteiger partial charge in [-0.25, -0.2) is 9.18 Å². The molecular formula is C18H18FN3O2. The highest BCUT2D eigenvalue weighted by molar-refractivity contribution is 5.97. The van der Waals surface area contributed by atoms with Crippen molar-refractivity contribution >= 4 is 23.3 Å². The van der Waals surface area contributed by atoms with Crippen molar-refractivity contribution in [2.75, 3.05) is 16.8 Å². The summed E-state index contributed by atoms with van der Waals surface area (Å²) in [5.41, 5.74) is 1.70. The minimum absolute atomic E-state index is 0.0344. The molecule has 1 saturated heterocycles. The molecular weight excluding hydrogens is 309 g/mol. The summed E-state index contributed by atoms with van der Waals surface area (Å²) >= 11 is 0. The average Bonchev–Trinajstić information content (AvgIpc) is 2.92. The number of nitrogens with zero attached hydrogens (tertiary/aromatic N) is 1. The molecule has 1 heterocycles. The Morgan fingerprint density at radius 2 is 1.96 bits per heavy atom. The van der Waals surface area contributed by atoms with E-state index in [9.17, 15) is 14.0 Å². The number of para-hydroxylation sites is 1. The number of nitrogens with one attached hydrogen (secondary N) is 2. The summed E-state index contributed by atoms with van der Waals surface area (Å²) in [5, 5.41) is 5.34. The van der Waals surface area contributed by atoms with Crippen molar-refractivity contribution < 1.29 is 14.0 Å². The number of carbonyl (C=O) groups excluding carboxylic acids is 2. The van der Waals surface area contributed by atoms with Crippen molar-refractivity contribution in [2.45, 2.75) is 19.4 Å². The first kappa shape index (κ1) is 16.0. The van der Waals surface area contributed by atoms with Crippen LogP contribution in [0.2, 0.25) is 0 Å². The second kappa shape index (κ2) is 6.70. The van der Waals surface area contributed by atoms with Crippen LogP contribution in [-0.2, 0) is 4.79 Å². The lowest BCUT2D eigenvalue weighted by molar-refractivity contribution is -0.117. The summed E-state index contributed by atoms with van der Waals surface area (Å²) in [6.45, 7) is 2.07. The number of carbonyl (C=O) groups is 2. The molecule has 2 aromatic carbocycles. The zero-order valence-electron chi connectivity index (χ0n) is 13.3. The van der Waals surface area contributed by atoms with Gasteiger partial charge >= 0.3 is 6.03 Å². The van der Waals surface area contributed by atoms with Gasteiger partial charge in [0.1, 0.15) is 5.82 Å². The number of amides is 3. The molecule has 1 atom stereocenters. The molecule has 1 aliphatic rings. The molecule has 1 unspecified atom stereocenters. The van der Waals surface area contributed by atoms with E-state index < -0.39 is 6.03 Å². The SMILES string of the molecule is Cc1ccc(NC(=O)NC2CC(=O)N(c3ccccc3)C2)cc1F. The fraction of sp³-hybridized carbons (Fsp3) is 0.222. The maximum atomic E-state index is 13.5. The lowest BCUT2D eigenvalue weighted by Crippen LogP contribution is -2.39. The lowest BCUT2D eigenvalue weighted by Gasteiger charge is -2.17. The summed E-state index contributed by atoms with van der Waals surface area (Å²) in [7, 11) is 0. The Morgan fingerprint density at radius 1 is 1.21 bits per heavy atom. The highest BCUT2D eigenvalue weighted by Crippen LogP contribution is 2.21. The Balaban J connectivity index is 1.59. The summed E-state index contributed by atoms with van der Waals surface area (Å²) in [6, 6.07) is 13.1. The fourth-order valence-electron chi connectivity index (χ4n) is 2.68. The van der Waals surface area contributed by atoms with Gasteiger partial charge in [-0.3, -0.25) is 4.79 Å². The lowest BCUT2D eigenvalue weighted by atomic mass is 10.2. The first-order valence-corrected chi connectivity index (χ1v) is 7.72. The molecule has 0 spiro atoms. The van der Waals surface area contributed by atoms with Crippen molar-refractivity contribution in [3.63, 3.8) is 0 Å². The van der Waals surface area contributed by atoms with Crippen LogP contribution < -0.4 is 15.5 Å². The average molecular weight is 327 g/mol. The van der Waals surface area contributed by atoms with E-state index in [1.807, 2.05) is 30.3 Å². The van der Waals surface area contributed by atoms with Crippen LogP contribution in [0.3, 0.4) is 0 Å². The van der Waals surface area contributed by atoms with Crippen molar-refractivity contribution in [1.29, 1.82) is 0 Å². The van der Waals surface area contributed by atoms with E-state index in [1.165, 1.54) is 6.07 Å². The molecule has 24 heavy (non-hydrogen) atoms. The van der Waals surface area contributed by atoms with Crippen LogP contribution in [0.1, 0.15) is 12.0 Å². The maximum absolute atomic E-state index is 13.5. The van der Waals surface area contributed by atoms with E-state index in [-0.39, 0.29) is 24.2 Å². The normalized spacial score (nSPS) is 17.0. The van der Waals surface area contributed by atoms with Gasteiger partial charge in [-0.1, -0.05) is 24.3 Å². The Bertz CT molecular complexity index is 764. The molecule has 0 radical (unpaired) electrons. The van der Waals surface area contributed by atoms with Crippen LogP contribution in [0.25, 0.3) is 0 Å². The number of benzene rings is 2. The number of halogens is 1. The summed E-state index contributed by atoms with van der Waals surface area (Å²) in [6.07, 6.45) is 0.241. The topological polar surface area (TPSA) is 61.4 Å². The van der Waals surface area contributed by atoms with E-state index in [0.717, 1.165) is 5.69 Å². The number of hydrogen-bond acceptors (Lipinski definition) is 2. The van der Waals surface area contributed by atoms with Crippen LogP contribution in [0, 0.1) is 12.7 Å². The fourth-order valence-corrected chi connectivity index (χ4v) is 2.68. The van der Waals surface area contributed by atoms with Crippen LogP contribution in [0.15, 0.2) is 48.5 Å². The number of aryl methyl sites for hydroxylation is 1. The third-order valence-electron chi connectivity index (χ3n) is 3.96. The van der Waals surface area contributed by atoms with Crippen LogP contribution >= 0.6 is 0 Å². The molecule has 2 N–H and O–H groups in total. The molecule has 5 nitrogen and oxygen atoms in total. The second-order valence-electron chi connectivity index (χ2n) is 5.80. The molecule has 0 bridgehead atoms. The monoisotopic (exact) mass is 327 g/mol. The Kier molecular flexibility index (Phi) is 4.46. The van der Waals surface area contributed by atoms with E-state index in [2.05, 4.69) is 10.6 Å². The number of hydrogen-bond donors (Lipinski definition) is 2. The number of anilines is 2. The zero-order chi connectivity index (χ0) is 17.1. The Hall–Kier alpha value is -2.89. The minimum atomic E-state index is -0.453. The highest BCUT2D eigenvalue weighted by atomic mass is 19.1. The summed E-state index contributed by atoms with van der Waals surface area (Å²) in [4.78, 5) is 25.8. The molecule has 1 fully saturated rings. The number of rotatable bonds is 3. The van der Waals surface area contributed by atoms with Crippen LogP contribution in [0.4, 0.5) is 20.6 Å². The van der Waals surface area contributed by atoms with Gasteiger partial charge in [-0.15, -0.1) is 0 Å². The molecule has 3 rings (SSSR count). The largest absolute Gasteiger partial charge is 0.333 e. The molecule has 0 saturated carbocycles. The molecule has 0 aromatic heterocycles. The quantitative estimate of drug-likeness (QED) is 0.910. The zero-order valence-corrected chi connectivity index (χ0v) is 13.3.